The zero-order valence-corrected chi connectivity index (χ0v) is 16.2. The molecule has 0 unspecified atom stereocenters. The lowest BCUT2D eigenvalue weighted by Crippen LogP contribution is -2.50. The maximum Gasteiger partial charge on any atom is 0.435 e. The molecule has 0 spiro atoms. The number of hydrogen-bond donors (Lipinski definition) is 1. The van der Waals surface area contributed by atoms with E-state index in [9.17, 15) is 48.7 Å². The highest BCUT2D eigenvalue weighted by Gasteiger charge is 2.73. The minimum absolute atomic E-state index is 0.0192. The van der Waals surface area contributed by atoms with E-state index in [4.69, 9.17) is 5.73 Å². The predicted octanol–water partition coefficient (Wildman–Crippen LogP) is 6.16. The van der Waals surface area contributed by atoms with Gasteiger partial charge in [-0.25, -0.2) is 4.39 Å². The first-order valence-electron chi connectivity index (χ1n) is 8.50. The van der Waals surface area contributed by atoms with Crippen molar-refractivity contribution in [3.05, 3.63) is 58.7 Å². The van der Waals surface area contributed by atoms with Crippen molar-refractivity contribution >= 4 is 17.3 Å². The second-order valence-corrected chi connectivity index (χ2v) is 6.83. The van der Waals surface area contributed by atoms with E-state index in [0.29, 0.717) is 4.90 Å². The van der Waals surface area contributed by atoms with Gasteiger partial charge in [0, 0.05) is 23.9 Å². The SMILES string of the molecule is Cc1cc(C(F)(C(F)(F)F)C(F)(F)F)cc(C(F)(F)F)c1N(C)C(=O)c1cccc(N)c1. The molecule has 13 heteroatoms. The molecule has 32 heavy (non-hydrogen) atoms. The summed E-state index contributed by atoms with van der Waals surface area (Å²) in [6.07, 6.45) is -18.7. The lowest BCUT2D eigenvalue weighted by atomic mass is 9.89. The van der Waals surface area contributed by atoms with Crippen LogP contribution in [-0.4, -0.2) is 25.3 Å². The number of nitrogens with zero attached hydrogens (tertiary/aromatic N) is 1. The second-order valence-electron chi connectivity index (χ2n) is 6.83. The number of anilines is 2. The molecule has 0 radical (unpaired) electrons. The van der Waals surface area contributed by atoms with E-state index in [0.717, 1.165) is 20.0 Å². The van der Waals surface area contributed by atoms with Gasteiger partial charge in [0.05, 0.1) is 11.3 Å². The van der Waals surface area contributed by atoms with Gasteiger partial charge in [-0.05, 0) is 36.8 Å². The van der Waals surface area contributed by atoms with E-state index in [1.54, 1.807) is 0 Å². The van der Waals surface area contributed by atoms with Gasteiger partial charge in [-0.15, -0.1) is 0 Å². The summed E-state index contributed by atoms with van der Waals surface area (Å²) in [6.45, 7) is 0.727. The van der Waals surface area contributed by atoms with E-state index >= 15 is 0 Å². The van der Waals surface area contributed by atoms with E-state index in [2.05, 4.69) is 0 Å². The average Bonchev–Trinajstić information content (AvgIpc) is 2.63. The van der Waals surface area contributed by atoms with Gasteiger partial charge in [-0.3, -0.25) is 4.79 Å². The summed E-state index contributed by atoms with van der Waals surface area (Å²) in [5.74, 6) is -1.09. The topological polar surface area (TPSA) is 46.3 Å². The molecular weight excluding hydrogens is 462 g/mol. The van der Waals surface area contributed by atoms with Crippen molar-refractivity contribution in [1.82, 2.24) is 0 Å². The lowest BCUT2D eigenvalue weighted by molar-refractivity contribution is -0.348. The van der Waals surface area contributed by atoms with Crippen LogP contribution in [-0.2, 0) is 11.8 Å². The highest BCUT2D eigenvalue weighted by atomic mass is 19.4. The first-order chi connectivity index (χ1) is 14.3. The Morgan fingerprint density at radius 1 is 0.875 bits per heavy atom. The molecule has 0 aromatic heterocycles. The van der Waals surface area contributed by atoms with Crippen LogP contribution in [0.15, 0.2) is 36.4 Å². The van der Waals surface area contributed by atoms with Gasteiger partial charge in [0.15, 0.2) is 0 Å². The molecule has 3 nitrogen and oxygen atoms in total. The van der Waals surface area contributed by atoms with E-state index in [1.807, 2.05) is 0 Å². The van der Waals surface area contributed by atoms with Crippen LogP contribution in [0, 0.1) is 6.92 Å². The summed E-state index contributed by atoms with van der Waals surface area (Å²) in [5.41, 5.74) is -6.93. The standard InChI is InChI=1S/C19H14F10N2O/c1-9-6-11(16(20,18(24,25)26)19(27,28)29)8-13(17(21,22)23)14(9)31(2)15(32)10-4-3-5-12(30)7-10/h3-8H,30H2,1-2H3. The summed E-state index contributed by atoms with van der Waals surface area (Å²) >= 11 is 0. The highest BCUT2D eigenvalue weighted by molar-refractivity contribution is 6.07. The first kappa shape index (κ1) is 25.3. The third-order valence-corrected chi connectivity index (χ3v) is 4.56. The smallest absolute Gasteiger partial charge is 0.399 e. The Kier molecular flexibility index (Phi) is 6.20. The largest absolute Gasteiger partial charge is 0.435 e. The number of alkyl halides is 10. The summed E-state index contributed by atoms with van der Waals surface area (Å²) in [5, 5.41) is 0. The number of carbonyl (C=O) groups is 1. The molecule has 176 valence electrons. The zero-order valence-electron chi connectivity index (χ0n) is 16.2. The third-order valence-electron chi connectivity index (χ3n) is 4.56. The molecule has 0 aliphatic carbocycles. The fourth-order valence-electron chi connectivity index (χ4n) is 3.09. The van der Waals surface area contributed by atoms with Gasteiger partial charge >= 0.3 is 24.2 Å². The molecule has 2 N–H and O–H groups in total. The Labute approximate surface area is 174 Å². The Bertz CT molecular complexity index is 1010. The van der Waals surface area contributed by atoms with Crippen LogP contribution in [0.5, 0.6) is 0 Å². The number of rotatable bonds is 3. The highest BCUT2D eigenvalue weighted by Crippen LogP contribution is 2.54. The van der Waals surface area contributed by atoms with Crippen LogP contribution in [0.25, 0.3) is 0 Å². The number of carbonyl (C=O) groups excluding carboxylic acids is 1. The molecule has 0 atom stereocenters. The third kappa shape index (κ3) is 4.32. The summed E-state index contributed by atoms with van der Waals surface area (Å²) < 4.78 is 134. The summed E-state index contributed by atoms with van der Waals surface area (Å²) in [7, 11) is 0.832. The zero-order chi connectivity index (χ0) is 24.9. The molecule has 0 saturated carbocycles. The molecule has 2 rings (SSSR count). The minimum atomic E-state index is -6.61. The van der Waals surface area contributed by atoms with Gasteiger partial charge < -0.3 is 10.6 Å². The van der Waals surface area contributed by atoms with Crippen LogP contribution in [0.3, 0.4) is 0 Å². The van der Waals surface area contributed by atoms with Crippen molar-refractivity contribution in [2.24, 2.45) is 0 Å². The van der Waals surface area contributed by atoms with Crippen molar-refractivity contribution in [1.29, 1.82) is 0 Å². The van der Waals surface area contributed by atoms with Crippen molar-refractivity contribution < 1.29 is 48.7 Å². The van der Waals surface area contributed by atoms with E-state index < -0.39 is 58.5 Å². The quantitative estimate of drug-likeness (QED) is 0.426. The molecule has 0 aliphatic rings. The molecule has 2 aromatic carbocycles. The fourth-order valence-corrected chi connectivity index (χ4v) is 3.09. The van der Waals surface area contributed by atoms with E-state index in [1.165, 1.54) is 18.2 Å². The van der Waals surface area contributed by atoms with Gasteiger partial charge in [0.2, 0.25) is 0 Å². The van der Waals surface area contributed by atoms with Crippen molar-refractivity contribution in [2.75, 3.05) is 17.7 Å². The maximum absolute atomic E-state index is 14.4. The van der Waals surface area contributed by atoms with Crippen LogP contribution < -0.4 is 10.6 Å². The average molecular weight is 476 g/mol. The van der Waals surface area contributed by atoms with Crippen LogP contribution in [0.1, 0.15) is 27.0 Å². The van der Waals surface area contributed by atoms with Gasteiger partial charge in [0.1, 0.15) is 0 Å². The predicted molar refractivity (Wildman–Crippen MR) is 94.7 cm³/mol. The minimum Gasteiger partial charge on any atom is -0.399 e. The summed E-state index contributed by atoms with van der Waals surface area (Å²) in [4.78, 5) is 13.0. The first-order valence-corrected chi connectivity index (χ1v) is 8.50. The molecule has 0 heterocycles. The normalized spacial score (nSPS) is 13.2. The van der Waals surface area contributed by atoms with Crippen molar-refractivity contribution in [3.63, 3.8) is 0 Å². The molecule has 0 fully saturated rings. The lowest BCUT2D eigenvalue weighted by Gasteiger charge is -2.32. The van der Waals surface area contributed by atoms with Crippen LogP contribution >= 0.6 is 0 Å². The van der Waals surface area contributed by atoms with Crippen molar-refractivity contribution in [3.8, 4) is 0 Å². The number of benzene rings is 2. The van der Waals surface area contributed by atoms with Gasteiger partial charge in [-0.1, -0.05) is 12.1 Å². The number of amides is 1. The van der Waals surface area contributed by atoms with Crippen molar-refractivity contribution in [2.45, 2.75) is 31.1 Å². The molecule has 1 amide bonds. The number of nitrogen functional groups attached to an aromatic ring is 1. The summed E-state index contributed by atoms with van der Waals surface area (Å²) in [6, 6.07) is 4.36. The number of aryl methyl sites for hydroxylation is 1. The fraction of sp³-hybridized carbons (Fsp3) is 0.316. The molecule has 2 aromatic rings. The van der Waals surface area contributed by atoms with Crippen LogP contribution in [0.4, 0.5) is 55.3 Å². The Morgan fingerprint density at radius 3 is 1.84 bits per heavy atom. The van der Waals surface area contributed by atoms with Gasteiger partial charge in [0.25, 0.3) is 5.91 Å². The number of nitrogens with two attached hydrogens (primary N) is 1. The molecule has 0 saturated heterocycles. The van der Waals surface area contributed by atoms with Gasteiger partial charge in [-0.2, -0.15) is 39.5 Å². The molecule has 0 aliphatic heterocycles. The maximum atomic E-state index is 14.4. The second kappa shape index (κ2) is 7.85. The molecular formula is C19H14F10N2O. The Balaban J connectivity index is 2.79. The Hall–Kier alpha value is -2.99. The van der Waals surface area contributed by atoms with Crippen LogP contribution in [0.2, 0.25) is 0 Å². The number of halogens is 10. The Morgan fingerprint density at radius 2 is 1.41 bits per heavy atom. The van der Waals surface area contributed by atoms with E-state index in [-0.39, 0.29) is 17.3 Å². The monoisotopic (exact) mass is 476 g/mol. The number of hydrogen-bond acceptors (Lipinski definition) is 2. The molecule has 0 bridgehead atoms.